The summed E-state index contributed by atoms with van der Waals surface area (Å²) < 4.78 is 1.89. The Morgan fingerprint density at radius 3 is 2.85 bits per heavy atom. The van der Waals surface area contributed by atoms with E-state index in [1.165, 1.54) is 47.9 Å². The standard InChI is InChI=1S/C22H31N3O/c1-25-13-16(12-24-25)3-2-15-4-5-18-11-19(7-6-17(18)10-15)21-9-8-20(14-26)22(21)23/h6-7,11-13,15,20-22,26H,2-5,8-10,14,23H2,1H3/t15-,20-,21-,22?/m1/s1. The SMILES string of the molecule is Cn1cc(CC[C@@H]2CCc3cc([C@H]4CC[C@H](CO)C4N)ccc3C2)cn1. The fourth-order valence-corrected chi connectivity index (χ4v) is 5.01. The number of nitrogens with zero attached hydrogens (tertiary/aromatic N) is 2. The highest BCUT2D eigenvalue weighted by Crippen LogP contribution is 2.39. The first-order chi connectivity index (χ1) is 12.6. The predicted molar refractivity (Wildman–Crippen MR) is 104 cm³/mol. The van der Waals surface area contributed by atoms with Crippen LogP contribution in [-0.4, -0.2) is 27.5 Å². The van der Waals surface area contributed by atoms with E-state index in [2.05, 4.69) is 29.5 Å². The summed E-state index contributed by atoms with van der Waals surface area (Å²) in [4.78, 5) is 0. The van der Waals surface area contributed by atoms with Gasteiger partial charge in [-0.1, -0.05) is 18.2 Å². The van der Waals surface area contributed by atoms with Crippen LogP contribution in [0.1, 0.15) is 53.9 Å². The fraction of sp³-hybridized carbons (Fsp3) is 0.591. The average Bonchev–Trinajstić information content (AvgIpc) is 3.24. The Balaban J connectivity index is 1.39. The predicted octanol–water partition coefficient (Wildman–Crippen LogP) is 2.97. The van der Waals surface area contributed by atoms with Crippen LogP contribution in [0, 0.1) is 11.8 Å². The van der Waals surface area contributed by atoms with Gasteiger partial charge in [0.05, 0.1) is 6.20 Å². The molecule has 1 unspecified atom stereocenters. The highest BCUT2D eigenvalue weighted by molar-refractivity contribution is 5.37. The lowest BCUT2D eigenvalue weighted by molar-refractivity contribution is 0.216. The Bertz CT molecular complexity index is 754. The van der Waals surface area contributed by atoms with E-state index in [1.807, 2.05) is 17.9 Å². The highest BCUT2D eigenvalue weighted by Gasteiger charge is 2.34. The first kappa shape index (κ1) is 17.7. The lowest BCUT2D eigenvalue weighted by Crippen LogP contribution is -2.32. The molecule has 4 heteroatoms. The number of fused-ring (bicyclic) bond motifs is 1. The van der Waals surface area contributed by atoms with E-state index in [1.54, 1.807) is 0 Å². The van der Waals surface area contributed by atoms with E-state index in [-0.39, 0.29) is 18.6 Å². The molecule has 1 heterocycles. The minimum absolute atomic E-state index is 0.105. The Labute approximate surface area is 156 Å². The fourth-order valence-electron chi connectivity index (χ4n) is 5.01. The number of aliphatic hydroxyl groups is 1. The van der Waals surface area contributed by atoms with Gasteiger partial charge in [0.15, 0.2) is 0 Å². The van der Waals surface area contributed by atoms with Crippen molar-refractivity contribution in [3.63, 3.8) is 0 Å². The van der Waals surface area contributed by atoms with Crippen molar-refractivity contribution in [2.45, 2.75) is 56.9 Å². The van der Waals surface area contributed by atoms with E-state index in [4.69, 9.17) is 5.73 Å². The average molecular weight is 354 g/mol. The summed E-state index contributed by atoms with van der Waals surface area (Å²) in [6.45, 7) is 0.223. The van der Waals surface area contributed by atoms with Crippen molar-refractivity contribution < 1.29 is 5.11 Å². The molecule has 0 saturated heterocycles. The van der Waals surface area contributed by atoms with Gasteiger partial charge in [0.25, 0.3) is 0 Å². The normalized spacial score (nSPS) is 28.3. The molecule has 0 aliphatic heterocycles. The number of nitrogens with two attached hydrogens (primary N) is 1. The van der Waals surface area contributed by atoms with E-state index < -0.39 is 0 Å². The summed E-state index contributed by atoms with van der Waals surface area (Å²) in [6, 6.07) is 7.16. The molecule has 1 fully saturated rings. The van der Waals surface area contributed by atoms with Gasteiger partial charge in [-0.2, -0.15) is 5.10 Å². The lowest BCUT2D eigenvalue weighted by Gasteiger charge is -2.27. The third-order valence-corrected chi connectivity index (χ3v) is 6.68. The maximum atomic E-state index is 9.47. The molecule has 140 valence electrons. The molecule has 1 saturated carbocycles. The van der Waals surface area contributed by atoms with Crippen molar-refractivity contribution in [3.05, 3.63) is 52.8 Å². The number of rotatable bonds is 5. The number of hydrogen-bond acceptors (Lipinski definition) is 3. The minimum atomic E-state index is 0.105. The van der Waals surface area contributed by atoms with Crippen molar-refractivity contribution in [3.8, 4) is 0 Å². The van der Waals surface area contributed by atoms with E-state index in [0.29, 0.717) is 5.92 Å². The molecule has 0 amide bonds. The number of hydrogen-bond donors (Lipinski definition) is 2. The molecule has 4 rings (SSSR count). The van der Waals surface area contributed by atoms with Crippen molar-refractivity contribution in [2.24, 2.45) is 24.6 Å². The largest absolute Gasteiger partial charge is 0.396 e. The smallest absolute Gasteiger partial charge is 0.0521 e. The Morgan fingerprint density at radius 1 is 1.23 bits per heavy atom. The van der Waals surface area contributed by atoms with Crippen LogP contribution in [0.15, 0.2) is 30.6 Å². The van der Waals surface area contributed by atoms with Crippen LogP contribution < -0.4 is 5.73 Å². The van der Waals surface area contributed by atoms with Gasteiger partial charge in [-0.05, 0) is 85.0 Å². The molecule has 2 aliphatic rings. The van der Waals surface area contributed by atoms with Crippen molar-refractivity contribution in [1.82, 2.24) is 9.78 Å². The summed E-state index contributed by atoms with van der Waals surface area (Å²) in [7, 11) is 1.98. The Kier molecular flexibility index (Phi) is 5.14. The zero-order chi connectivity index (χ0) is 18.1. The number of aliphatic hydroxyl groups excluding tert-OH is 1. The van der Waals surface area contributed by atoms with Gasteiger partial charge in [0.1, 0.15) is 0 Å². The summed E-state index contributed by atoms with van der Waals surface area (Å²) in [6.07, 6.45) is 12.3. The van der Waals surface area contributed by atoms with Gasteiger partial charge in [0, 0.05) is 25.9 Å². The summed E-state index contributed by atoms with van der Waals surface area (Å²) in [5.41, 5.74) is 12.2. The molecule has 0 spiro atoms. The lowest BCUT2D eigenvalue weighted by atomic mass is 9.79. The summed E-state index contributed by atoms with van der Waals surface area (Å²) in [5, 5.41) is 13.7. The second-order valence-electron chi connectivity index (χ2n) is 8.40. The number of aryl methyl sites for hydroxylation is 3. The first-order valence-electron chi connectivity index (χ1n) is 10.1. The molecule has 3 N–H and O–H groups in total. The Morgan fingerprint density at radius 2 is 2.12 bits per heavy atom. The van der Waals surface area contributed by atoms with Crippen molar-refractivity contribution >= 4 is 0 Å². The molecule has 0 bridgehead atoms. The van der Waals surface area contributed by atoms with Crippen molar-refractivity contribution in [1.29, 1.82) is 0 Å². The maximum absolute atomic E-state index is 9.47. The van der Waals surface area contributed by atoms with Crippen LogP contribution in [0.4, 0.5) is 0 Å². The number of aromatic nitrogens is 2. The van der Waals surface area contributed by atoms with Gasteiger partial charge in [-0.25, -0.2) is 0 Å². The van der Waals surface area contributed by atoms with Crippen LogP contribution in [0.3, 0.4) is 0 Å². The van der Waals surface area contributed by atoms with Crippen LogP contribution >= 0.6 is 0 Å². The van der Waals surface area contributed by atoms with Gasteiger partial charge in [-0.15, -0.1) is 0 Å². The van der Waals surface area contributed by atoms with Gasteiger partial charge >= 0.3 is 0 Å². The second-order valence-corrected chi connectivity index (χ2v) is 8.40. The van der Waals surface area contributed by atoms with E-state index in [0.717, 1.165) is 25.2 Å². The van der Waals surface area contributed by atoms with E-state index >= 15 is 0 Å². The molecule has 1 aromatic heterocycles. The molecular weight excluding hydrogens is 322 g/mol. The number of benzene rings is 1. The topological polar surface area (TPSA) is 64.1 Å². The molecule has 2 aliphatic carbocycles. The van der Waals surface area contributed by atoms with Gasteiger partial charge in [0.2, 0.25) is 0 Å². The van der Waals surface area contributed by atoms with Crippen LogP contribution in [-0.2, 0) is 26.3 Å². The highest BCUT2D eigenvalue weighted by atomic mass is 16.3. The van der Waals surface area contributed by atoms with E-state index in [9.17, 15) is 5.11 Å². The molecular formula is C22H31N3O. The third-order valence-electron chi connectivity index (χ3n) is 6.68. The second kappa shape index (κ2) is 7.53. The molecule has 4 atom stereocenters. The molecule has 26 heavy (non-hydrogen) atoms. The molecule has 1 aromatic carbocycles. The Hall–Kier alpha value is -1.65. The van der Waals surface area contributed by atoms with Gasteiger partial charge in [-0.3, -0.25) is 4.68 Å². The minimum Gasteiger partial charge on any atom is -0.396 e. The van der Waals surface area contributed by atoms with Crippen LogP contribution in [0.25, 0.3) is 0 Å². The third kappa shape index (κ3) is 3.58. The monoisotopic (exact) mass is 353 g/mol. The van der Waals surface area contributed by atoms with Crippen molar-refractivity contribution in [2.75, 3.05) is 6.61 Å². The zero-order valence-corrected chi connectivity index (χ0v) is 15.8. The van der Waals surface area contributed by atoms with Crippen LogP contribution in [0.2, 0.25) is 0 Å². The summed E-state index contributed by atoms with van der Waals surface area (Å²) in [5.74, 6) is 1.47. The molecule has 2 aromatic rings. The van der Waals surface area contributed by atoms with Crippen LogP contribution in [0.5, 0.6) is 0 Å². The van der Waals surface area contributed by atoms with Gasteiger partial charge < -0.3 is 10.8 Å². The summed E-state index contributed by atoms with van der Waals surface area (Å²) >= 11 is 0. The first-order valence-corrected chi connectivity index (χ1v) is 10.1. The quantitative estimate of drug-likeness (QED) is 0.868. The molecule has 4 nitrogen and oxygen atoms in total. The molecule has 0 radical (unpaired) electrons. The maximum Gasteiger partial charge on any atom is 0.0521 e. The zero-order valence-electron chi connectivity index (χ0n) is 15.8.